The lowest BCUT2D eigenvalue weighted by Crippen LogP contribution is -2.53. The quantitative estimate of drug-likeness (QED) is 0.457. The predicted octanol–water partition coefficient (Wildman–Crippen LogP) is 5.15. The minimum atomic E-state index is -1.34. The van der Waals surface area contributed by atoms with Crippen LogP contribution in [0.3, 0.4) is 0 Å². The van der Waals surface area contributed by atoms with Crippen molar-refractivity contribution < 1.29 is 28.3 Å². The van der Waals surface area contributed by atoms with E-state index in [9.17, 15) is 9.59 Å². The smallest absolute Gasteiger partial charge is 0.253 e. The molecule has 0 saturated carbocycles. The summed E-state index contributed by atoms with van der Waals surface area (Å²) in [7, 11) is 1.60. The zero-order valence-electron chi connectivity index (χ0n) is 19.5. The molecule has 2 aliphatic heterocycles. The lowest BCUT2D eigenvalue weighted by molar-refractivity contribution is -0.187. The highest BCUT2D eigenvalue weighted by Crippen LogP contribution is 2.74. The van der Waals surface area contributed by atoms with Gasteiger partial charge in [-0.15, -0.1) is 0 Å². The summed E-state index contributed by atoms with van der Waals surface area (Å²) in [6, 6.07) is 9.26. The summed E-state index contributed by atoms with van der Waals surface area (Å²) in [5, 5.41) is 4.38. The summed E-state index contributed by atoms with van der Waals surface area (Å²) in [4.78, 5) is 26.2. The van der Waals surface area contributed by atoms with E-state index in [1.807, 2.05) is 44.2 Å². The summed E-state index contributed by atoms with van der Waals surface area (Å²) in [6.07, 6.45) is 2.92. The van der Waals surface area contributed by atoms with E-state index >= 15 is 0 Å². The number of ketones is 2. The molecule has 2 aromatic carbocycles. The molecule has 3 aromatic rings. The van der Waals surface area contributed by atoms with Crippen LogP contribution in [0.15, 0.2) is 51.5 Å². The number of fused-ring (bicyclic) bond motifs is 5. The van der Waals surface area contributed by atoms with E-state index in [1.165, 1.54) is 0 Å². The van der Waals surface area contributed by atoms with Gasteiger partial charge >= 0.3 is 0 Å². The minimum Gasteiger partial charge on any atom is -0.496 e. The van der Waals surface area contributed by atoms with Crippen molar-refractivity contribution in [1.29, 1.82) is 0 Å². The van der Waals surface area contributed by atoms with Crippen molar-refractivity contribution in [3.63, 3.8) is 0 Å². The molecule has 1 saturated heterocycles. The van der Waals surface area contributed by atoms with Crippen LogP contribution >= 0.6 is 11.6 Å². The average Bonchev–Trinajstić information content (AvgIpc) is 3.48. The second-order valence-corrected chi connectivity index (χ2v) is 10.3. The maximum Gasteiger partial charge on any atom is 0.253 e. The van der Waals surface area contributed by atoms with E-state index in [1.54, 1.807) is 13.2 Å². The Morgan fingerprint density at radius 2 is 1.92 bits per heavy atom. The predicted molar refractivity (Wildman–Crippen MR) is 128 cm³/mol. The van der Waals surface area contributed by atoms with Crippen LogP contribution in [0.1, 0.15) is 57.0 Å². The third-order valence-electron chi connectivity index (χ3n) is 8.40. The molecule has 8 rings (SSSR count). The van der Waals surface area contributed by atoms with Gasteiger partial charge in [-0.3, -0.25) is 9.59 Å². The Morgan fingerprint density at radius 1 is 1.08 bits per heavy atom. The molecule has 7 nitrogen and oxygen atoms in total. The van der Waals surface area contributed by atoms with Crippen LogP contribution in [0, 0.1) is 5.92 Å². The van der Waals surface area contributed by atoms with E-state index < -0.39 is 17.0 Å². The highest BCUT2D eigenvalue weighted by atomic mass is 35.5. The van der Waals surface area contributed by atoms with E-state index in [0.717, 1.165) is 33.9 Å². The number of carbonyl (C=O) groups is 2. The lowest BCUT2D eigenvalue weighted by atomic mass is 9.54. The Morgan fingerprint density at radius 3 is 2.72 bits per heavy atom. The minimum absolute atomic E-state index is 0.137. The van der Waals surface area contributed by atoms with Crippen molar-refractivity contribution in [2.45, 2.75) is 31.2 Å². The van der Waals surface area contributed by atoms with Gasteiger partial charge in [0.25, 0.3) is 5.79 Å². The fraction of sp³-hybridized carbons (Fsp3) is 0.250. The Bertz CT molecular complexity index is 1680. The van der Waals surface area contributed by atoms with Gasteiger partial charge in [0.05, 0.1) is 29.4 Å². The second-order valence-electron chi connectivity index (χ2n) is 9.92. The number of ether oxygens (including phenoxy) is 3. The van der Waals surface area contributed by atoms with Gasteiger partial charge in [-0.1, -0.05) is 40.5 Å². The van der Waals surface area contributed by atoms with Gasteiger partial charge in [0.1, 0.15) is 22.6 Å². The van der Waals surface area contributed by atoms with Gasteiger partial charge in [0.2, 0.25) is 5.78 Å². The standard InChI is InChI=1S/C28H18ClNO6/c1-11-9-19-23-24(30-36-19)21-14(5-4-6-18(21)33-3)28-27(23,22(11)12(2)34-28)15-8-7-13-17(31)10-16(29)25(32)20(13)26(15)35-28/h4-10,12,22H,1-3H3/t12-,22-,27+,28+/m1/s1. The molecule has 3 aliphatic carbocycles. The number of nitrogens with zero attached hydrogens (tertiary/aromatic N) is 1. The molecule has 178 valence electrons. The average molecular weight is 500 g/mol. The van der Waals surface area contributed by atoms with Crippen LogP contribution in [0.25, 0.3) is 17.3 Å². The maximum atomic E-state index is 13.3. The number of Topliss-reactive ketones (excluding diaryl/α,β-unsaturated/α-hetero) is 1. The summed E-state index contributed by atoms with van der Waals surface area (Å²) in [5.74, 6) is -0.711. The number of benzene rings is 2. The Kier molecular flexibility index (Phi) is 3.51. The number of rotatable bonds is 1. The van der Waals surface area contributed by atoms with Gasteiger partial charge in [-0.2, -0.15) is 0 Å². The molecule has 1 aromatic heterocycles. The monoisotopic (exact) mass is 499 g/mol. The fourth-order valence-electron chi connectivity index (χ4n) is 7.35. The van der Waals surface area contributed by atoms with Gasteiger partial charge in [-0.05, 0) is 32.1 Å². The van der Waals surface area contributed by atoms with Crippen molar-refractivity contribution in [3.8, 4) is 22.8 Å². The first-order valence-corrected chi connectivity index (χ1v) is 12.1. The van der Waals surface area contributed by atoms with Crippen LogP contribution in [0.4, 0.5) is 0 Å². The molecule has 4 atom stereocenters. The number of carbonyl (C=O) groups excluding carboxylic acids is 2. The first-order chi connectivity index (χ1) is 17.3. The van der Waals surface area contributed by atoms with Crippen LogP contribution in [0.5, 0.6) is 11.5 Å². The first kappa shape index (κ1) is 20.5. The number of aromatic nitrogens is 1. The molecule has 0 bridgehead atoms. The summed E-state index contributed by atoms with van der Waals surface area (Å²) >= 11 is 6.21. The normalized spacial score (nSPS) is 29.9. The van der Waals surface area contributed by atoms with Crippen molar-refractivity contribution in [1.82, 2.24) is 5.16 Å². The number of allylic oxidation sites excluding steroid dienone is 2. The first-order valence-electron chi connectivity index (χ1n) is 11.7. The molecule has 1 spiro atoms. The van der Waals surface area contributed by atoms with E-state index in [4.69, 9.17) is 30.3 Å². The SMILES string of the molecule is COc1cccc2c1-c1noc3c1[C@@]14c5ccc6c(c5O[C@@]21O[C@H](C)[C@H]4C(C)=C3)C(=O)C(Cl)=CC6=O. The van der Waals surface area contributed by atoms with Crippen molar-refractivity contribution in [3.05, 3.63) is 80.6 Å². The Labute approximate surface area is 210 Å². The van der Waals surface area contributed by atoms with Gasteiger partial charge in [-0.25, -0.2) is 0 Å². The van der Waals surface area contributed by atoms with E-state index in [-0.39, 0.29) is 34.0 Å². The summed E-state index contributed by atoms with van der Waals surface area (Å²) in [6.45, 7) is 4.08. The number of methoxy groups -OCH3 is 1. The number of hydrogen-bond donors (Lipinski definition) is 0. The third-order valence-corrected chi connectivity index (χ3v) is 8.68. The van der Waals surface area contributed by atoms with Crippen LogP contribution in [0.2, 0.25) is 0 Å². The van der Waals surface area contributed by atoms with Gasteiger partial charge in [0, 0.05) is 34.2 Å². The van der Waals surface area contributed by atoms with Crippen molar-refractivity contribution >= 4 is 29.2 Å². The molecule has 36 heavy (non-hydrogen) atoms. The van der Waals surface area contributed by atoms with Crippen LogP contribution in [-0.2, 0) is 15.9 Å². The molecule has 1 fully saturated rings. The highest BCUT2D eigenvalue weighted by Gasteiger charge is 2.78. The van der Waals surface area contributed by atoms with Crippen molar-refractivity contribution in [2.24, 2.45) is 5.92 Å². The van der Waals surface area contributed by atoms with Gasteiger partial charge < -0.3 is 18.7 Å². The topological polar surface area (TPSA) is 87.9 Å². The molecule has 8 heteroatoms. The maximum absolute atomic E-state index is 13.3. The van der Waals surface area contributed by atoms with Crippen LogP contribution < -0.4 is 9.47 Å². The number of hydrogen-bond acceptors (Lipinski definition) is 7. The lowest BCUT2D eigenvalue weighted by Gasteiger charge is -2.46. The molecule has 0 radical (unpaired) electrons. The molecule has 5 aliphatic rings. The fourth-order valence-corrected chi connectivity index (χ4v) is 7.54. The molecular formula is C28H18ClNO6. The zero-order chi connectivity index (χ0) is 24.7. The second kappa shape index (κ2) is 6.17. The van der Waals surface area contributed by atoms with Crippen molar-refractivity contribution in [2.75, 3.05) is 7.11 Å². The van der Waals surface area contributed by atoms with E-state index in [0.29, 0.717) is 23.0 Å². The Balaban J connectivity index is 1.58. The van der Waals surface area contributed by atoms with Gasteiger partial charge in [0.15, 0.2) is 11.5 Å². The largest absolute Gasteiger partial charge is 0.496 e. The molecule has 0 unspecified atom stereocenters. The van der Waals surface area contributed by atoms with Crippen LogP contribution in [-0.4, -0.2) is 29.9 Å². The molecular weight excluding hydrogens is 482 g/mol. The Hall–Kier alpha value is -3.68. The third kappa shape index (κ3) is 1.89. The summed E-state index contributed by atoms with van der Waals surface area (Å²) < 4.78 is 25.4. The van der Waals surface area contributed by atoms with E-state index in [2.05, 4.69) is 5.16 Å². The molecule has 0 amide bonds. The molecule has 0 N–H and O–H groups in total. The summed E-state index contributed by atoms with van der Waals surface area (Å²) in [5.41, 5.74) is 4.32. The highest BCUT2D eigenvalue weighted by molar-refractivity contribution is 6.49. The molecule has 3 heterocycles. The zero-order valence-corrected chi connectivity index (χ0v) is 20.2. The number of halogens is 1.